The van der Waals surface area contributed by atoms with Gasteiger partial charge in [-0.05, 0) is 18.2 Å². The summed E-state index contributed by atoms with van der Waals surface area (Å²) in [6.45, 7) is 0. The van der Waals surface area contributed by atoms with Gasteiger partial charge >= 0.3 is 0 Å². The molecule has 0 saturated heterocycles. The van der Waals surface area contributed by atoms with Gasteiger partial charge in [0.1, 0.15) is 0 Å². The Morgan fingerprint density at radius 2 is 2.19 bits per heavy atom. The number of carbonyl (C=O) groups excluding carboxylic acids is 1. The Bertz CT molecular complexity index is 461. The highest BCUT2D eigenvalue weighted by Crippen LogP contribution is 2.24. The van der Waals surface area contributed by atoms with Crippen molar-refractivity contribution in [3.8, 4) is 0 Å². The van der Waals surface area contributed by atoms with Crippen molar-refractivity contribution in [1.82, 2.24) is 5.43 Å². The summed E-state index contributed by atoms with van der Waals surface area (Å²) in [5, 5.41) is 0.923. The van der Waals surface area contributed by atoms with Crippen LogP contribution in [0.3, 0.4) is 0 Å². The normalized spacial score (nSPS) is 20.4. The largest absolute Gasteiger partial charge is 0.399 e. The number of halogens is 2. The highest BCUT2D eigenvalue weighted by atomic mass is 35.5. The van der Waals surface area contributed by atoms with E-state index in [4.69, 9.17) is 28.9 Å². The monoisotopic (exact) mass is 257 g/mol. The molecule has 0 spiro atoms. The molecule has 3 N–H and O–H groups in total. The molecule has 1 aromatic carbocycles. The molecule has 1 atom stereocenters. The minimum atomic E-state index is -0.834. The summed E-state index contributed by atoms with van der Waals surface area (Å²) < 4.78 is 0. The first-order valence-electron chi connectivity index (χ1n) is 4.54. The van der Waals surface area contributed by atoms with E-state index >= 15 is 0 Å². The molecule has 0 saturated carbocycles. The lowest BCUT2D eigenvalue weighted by Crippen LogP contribution is -2.46. The lowest BCUT2D eigenvalue weighted by atomic mass is 10.2. The number of alkyl halides is 1. The molecule has 1 aromatic rings. The Balaban J connectivity index is 2.33. The lowest BCUT2D eigenvalue weighted by molar-refractivity contribution is -0.120. The number of nitrogens with one attached hydrogen (secondary N) is 1. The molecular weight excluding hydrogens is 249 g/mol. The van der Waals surface area contributed by atoms with Crippen LogP contribution in [0.2, 0.25) is 0 Å². The van der Waals surface area contributed by atoms with Crippen molar-refractivity contribution in [1.29, 1.82) is 0 Å². The summed E-state index contributed by atoms with van der Waals surface area (Å²) in [5.74, 6) is -0.364. The smallest absolute Gasteiger partial charge is 0.262 e. The maximum atomic E-state index is 11.4. The number of benzene rings is 1. The molecule has 1 heterocycles. The van der Waals surface area contributed by atoms with Gasteiger partial charge < -0.3 is 5.73 Å². The molecule has 0 radical (unpaired) electrons. The van der Waals surface area contributed by atoms with E-state index in [0.717, 1.165) is 5.69 Å². The van der Waals surface area contributed by atoms with Gasteiger partial charge in [0.2, 0.25) is 0 Å². The molecule has 1 aliphatic rings. The minimum absolute atomic E-state index is 0.271. The third-order valence-corrected chi connectivity index (χ3v) is 2.96. The zero-order chi connectivity index (χ0) is 11.7. The van der Waals surface area contributed by atoms with Crippen LogP contribution < -0.4 is 16.2 Å². The standard InChI is InChI=1S/C10H9Cl2N3O/c11-8-5-15(14-10(16)9(8)12)7-3-1-2-6(13)4-7/h1-5,9H,13H2,(H,14,16). The number of carbonyl (C=O) groups is 1. The topological polar surface area (TPSA) is 58.4 Å². The van der Waals surface area contributed by atoms with Crippen LogP contribution in [0.1, 0.15) is 0 Å². The zero-order valence-corrected chi connectivity index (χ0v) is 9.66. The molecule has 6 heteroatoms. The Morgan fingerprint density at radius 1 is 1.44 bits per heavy atom. The molecule has 1 aliphatic heterocycles. The van der Waals surface area contributed by atoms with Crippen LogP contribution >= 0.6 is 23.2 Å². The third-order valence-electron chi connectivity index (χ3n) is 2.10. The number of hydrazine groups is 1. The summed E-state index contributed by atoms with van der Waals surface area (Å²) in [6.07, 6.45) is 1.55. The van der Waals surface area contributed by atoms with Gasteiger partial charge in [-0.15, -0.1) is 11.6 Å². The van der Waals surface area contributed by atoms with Crippen molar-refractivity contribution in [3.63, 3.8) is 0 Å². The van der Waals surface area contributed by atoms with Crippen LogP contribution in [0, 0.1) is 0 Å². The van der Waals surface area contributed by atoms with Gasteiger partial charge in [0, 0.05) is 11.9 Å². The Morgan fingerprint density at radius 3 is 2.81 bits per heavy atom. The van der Waals surface area contributed by atoms with E-state index < -0.39 is 5.38 Å². The second kappa shape index (κ2) is 4.23. The highest BCUT2D eigenvalue weighted by molar-refractivity contribution is 6.43. The van der Waals surface area contributed by atoms with Crippen LogP contribution in [0.5, 0.6) is 0 Å². The molecular formula is C10H9Cl2N3O. The van der Waals surface area contributed by atoms with Gasteiger partial charge in [-0.2, -0.15) is 0 Å². The van der Waals surface area contributed by atoms with E-state index in [-0.39, 0.29) is 10.9 Å². The molecule has 0 aliphatic carbocycles. The summed E-state index contributed by atoms with van der Waals surface area (Å²) >= 11 is 11.6. The van der Waals surface area contributed by atoms with Gasteiger partial charge in [0.25, 0.3) is 5.91 Å². The van der Waals surface area contributed by atoms with Gasteiger partial charge in [0.05, 0.1) is 10.7 Å². The maximum Gasteiger partial charge on any atom is 0.262 e. The van der Waals surface area contributed by atoms with Gasteiger partial charge in [0.15, 0.2) is 5.38 Å². The predicted octanol–water partition coefficient (Wildman–Crippen LogP) is 1.81. The number of rotatable bonds is 1. The lowest BCUT2D eigenvalue weighted by Gasteiger charge is -2.27. The number of nitrogens with two attached hydrogens (primary N) is 1. The third kappa shape index (κ3) is 2.08. The van der Waals surface area contributed by atoms with E-state index in [9.17, 15) is 4.79 Å². The molecule has 0 bridgehead atoms. The first-order valence-corrected chi connectivity index (χ1v) is 5.36. The van der Waals surface area contributed by atoms with Crippen molar-refractivity contribution in [2.24, 2.45) is 0 Å². The molecule has 16 heavy (non-hydrogen) atoms. The van der Waals surface area contributed by atoms with Crippen LogP contribution in [-0.2, 0) is 4.79 Å². The fourth-order valence-corrected chi connectivity index (χ4v) is 1.64. The van der Waals surface area contributed by atoms with Crippen LogP contribution in [-0.4, -0.2) is 11.3 Å². The first kappa shape index (κ1) is 11.1. The number of nitrogen functional groups attached to an aromatic ring is 1. The number of hydrogen-bond donors (Lipinski definition) is 2. The summed E-state index contributed by atoms with van der Waals surface area (Å²) in [6, 6.07) is 7.05. The highest BCUT2D eigenvalue weighted by Gasteiger charge is 2.26. The molecule has 1 unspecified atom stereocenters. The number of amides is 1. The average molecular weight is 258 g/mol. The van der Waals surface area contributed by atoms with Gasteiger partial charge in [-0.25, -0.2) is 0 Å². The van der Waals surface area contributed by atoms with E-state index in [1.54, 1.807) is 30.5 Å². The van der Waals surface area contributed by atoms with Crippen LogP contribution in [0.15, 0.2) is 35.5 Å². The van der Waals surface area contributed by atoms with E-state index in [1.165, 1.54) is 5.01 Å². The summed E-state index contributed by atoms with van der Waals surface area (Å²) in [5.41, 5.74) is 9.55. The Hall–Kier alpha value is -1.39. The molecule has 84 valence electrons. The fraction of sp³-hybridized carbons (Fsp3) is 0.100. The van der Waals surface area contributed by atoms with Crippen molar-refractivity contribution >= 4 is 40.5 Å². The Labute approximate surface area is 103 Å². The maximum absolute atomic E-state index is 11.4. The van der Waals surface area contributed by atoms with Gasteiger partial charge in [-0.3, -0.25) is 15.2 Å². The average Bonchev–Trinajstić information content (AvgIpc) is 2.25. The second-order valence-electron chi connectivity index (χ2n) is 3.32. The van der Waals surface area contributed by atoms with Crippen LogP contribution in [0.4, 0.5) is 11.4 Å². The first-order chi connectivity index (χ1) is 7.58. The van der Waals surface area contributed by atoms with E-state index in [0.29, 0.717) is 5.69 Å². The Kier molecular flexibility index (Phi) is 2.94. The number of hydrogen-bond acceptors (Lipinski definition) is 3. The zero-order valence-electron chi connectivity index (χ0n) is 8.15. The van der Waals surface area contributed by atoms with E-state index in [2.05, 4.69) is 5.43 Å². The minimum Gasteiger partial charge on any atom is -0.399 e. The molecule has 0 aromatic heterocycles. The second-order valence-corrected chi connectivity index (χ2v) is 4.19. The summed E-state index contributed by atoms with van der Waals surface area (Å²) in [7, 11) is 0. The van der Waals surface area contributed by atoms with Crippen LogP contribution in [0.25, 0.3) is 0 Å². The predicted molar refractivity (Wildman–Crippen MR) is 65.1 cm³/mol. The van der Waals surface area contributed by atoms with Crippen molar-refractivity contribution in [2.75, 3.05) is 10.7 Å². The number of nitrogens with zero attached hydrogens (tertiary/aromatic N) is 1. The van der Waals surface area contributed by atoms with Crippen molar-refractivity contribution in [2.45, 2.75) is 5.38 Å². The molecule has 0 fully saturated rings. The number of anilines is 2. The molecule has 4 nitrogen and oxygen atoms in total. The van der Waals surface area contributed by atoms with Crippen molar-refractivity contribution in [3.05, 3.63) is 35.5 Å². The van der Waals surface area contributed by atoms with Crippen molar-refractivity contribution < 1.29 is 4.79 Å². The van der Waals surface area contributed by atoms with E-state index in [1.807, 2.05) is 0 Å². The SMILES string of the molecule is Nc1cccc(N2C=C(Cl)C(Cl)C(=O)N2)c1. The molecule has 2 rings (SSSR count). The quantitative estimate of drug-likeness (QED) is 0.596. The molecule has 1 amide bonds. The fourth-order valence-electron chi connectivity index (χ4n) is 1.34. The van der Waals surface area contributed by atoms with Gasteiger partial charge in [-0.1, -0.05) is 17.7 Å². The summed E-state index contributed by atoms with van der Waals surface area (Å²) in [4.78, 5) is 11.4.